The van der Waals surface area contributed by atoms with Gasteiger partial charge in [-0.3, -0.25) is 0 Å². The molecule has 0 bridgehead atoms. The Morgan fingerprint density at radius 2 is 2.37 bits per heavy atom. The molecule has 1 aromatic carbocycles. The number of urea groups is 1. The second kappa shape index (κ2) is 6.57. The smallest absolute Gasteiger partial charge is 0.321 e. The normalized spacial score (nSPS) is 18.3. The molecule has 1 heterocycles. The molecule has 0 radical (unpaired) electrons. The minimum absolute atomic E-state index is 0.0799. The number of carbonyl (C=O) groups is 1. The summed E-state index contributed by atoms with van der Waals surface area (Å²) in [6.45, 7) is 3.57. The monoisotopic (exact) mass is 262 g/mol. The lowest BCUT2D eigenvalue weighted by Gasteiger charge is -2.21. The summed E-state index contributed by atoms with van der Waals surface area (Å²) < 4.78 is 5.54. The van der Waals surface area contributed by atoms with Crippen molar-refractivity contribution >= 4 is 11.7 Å². The third-order valence-electron chi connectivity index (χ3n) is 3.43. The Hall–Kier alpha value is -1.55. The fourth-order valence-corrected chi connectivity index (χ4v) is 2.26. The molecule has 1 saturated heterocycles. The minimum atomic E-state index is -0.0799. The van der Waals surface area contributed by atoms with Gasteiger partial charge in [0.2, 0.25) is 0 Å². The van der Waals surface area contributed by atoms with Crippen LogP contribution in [0.4, 0.5) is 10.5 Å². The molecule has 19 heavy (non-hydrogen) atoms. The van der Waals surface area contributed by atoms with Gasteiger partial charge in [-0.15, -0.1) is 0 Å². The van der Waals surface area contributed by atoms with Crippen molar-refractivity contribution in [2.45, 2.75) is 32.3 Å². The van der Waals surface area contributed by atoms with Crippen LogP contribution in [0, 0.1) is 0 Å². The van der Waals surface area contributed by atoms with Gasteiger partial charge >= 0.3 is 6.03 Å². The van der Waals surface area contributed by atoms with E-state index in [9.17, 15) is 4.79 Å². The maximum atomic E-state index is 12.1. The van der Waals surface area contributed by atoms with E-state index < -0.39 is 0 Å². The molecule has 0 aromatic heterocycles. The van der Waals surface area contributed by atoms with Crippen LogP contribution in [-0.2, 0) is 11.2 Å². The number of hydrogen-bond donors (Lipinski definition) is 1. The lowest BCUT2D eigenvalue weighted by molar-refractivity contribution is 0.0894. The Labute approximate surface area is 114 Å². The molecule has 4 heteroatoms. The number of aryl methyl sites for hydroxylation is 1. The van der Waals surface area contributed by atoms with Crippen LogP contribution in [0.5, 0.6) is 0 Å². The standard InChI is InChI=1S/C15H22N2O2/c1-3-12-6-4-7-13(10-12)16-15(18)17(2)11-14-8-5-9-19-14/h4,6-7,10,14H,3,5,8-9,11H2,1-2H3,(H,16,18)/t14-/m1/s1. The molecule has 1 aliphatic rings. The maximum absolute atomic E-state index is 12.1. The molecule has 1 fully saturated rings. The van der Waals surface area contributed by atoms with E-state index in [-0.39, 0.29) is 12.1 Å². The summed E-state index contributed by atoms with van der Waals surface area (Å²) in [6, 6.07) is 7.87. The SMILES string of the molecule is CCc1cccc(NC(=O)N(C)C[C@H]2CCCO2)c1. The molecule has 1 N–H and O–H groups in total. The minimum Gasteiger partial charge on any atom is -0.376 e. The molecular weight excluding hydrogens is 240 g/mol. The predicted octanol–water partition coefficient (Wildman–Crippen LogP) is 2.89. The van der Waals surface area contributed by atoms with Gasteiger partial charge in [-0.2, -0.15) is 0 Å². The molecule has 1 aliphatic heterocycles. The summed E-state index contributed by atoms with van der Waals surface area (Å²) in [5, 5.41) is 2.92. The average molecular weight is 262 g/mol. The lowest BCUT2D eigenvalue weighted by Crippen LogP contribution is -2.37. The molecule has 104 valence electrons. The Balaban J connectivity index is 1.88. The van der Waals surface area contributed by atoms with Crippen molar-refractivity contribution in [2.24, 2.45) is 0 Å². The first-order valence-corrected chi connectivity index (χ1v) is 6.91. The van der Waals surface area contributed by atoms with Crippen molar-refractivity contribution in [3.63, 3.8) is 0 Å². The first-order valence-electron chi connectivity index (χ1n) is 6.91. The van der Waals surface area contributed by atoms with Crippen LogP contribution < -0.4 is 5.32 Å². The van der Waals surface area contributed by atoms with E-state index in [4.69, 9.17) is 4.74 Å². The maximum Gasteiger partial charge on any atom is 0.321 e. The van der Waals surface area contributed by atoms with E-state index in [1.54, 1.807) is 11.9 Å². The first-order chi connectivity index (χ1) is 9.19. The number of likely N-dealkylation sites (N-methyl/N-ethyl adjacent to an activating group) is 1. The second-order valence-electron chi connectivity index (χ2n) is 5.00. The van der Waals surface area contributed by atoms with E-state index in [2.05, 4.69) is 18.3 Å². The quantitative estimate of drug-likeness (QED) is 0.906. The van der Waals surface area contributed by atoms with Crippen molar-refractivity contribution < 1.29 is 9.53 Å². The molecule has 2 amide bonds. The molecule has 0 saturated carbocycles. The Kier molecular flexibility index (Phi) is 4.80. The van der Waals surface area contributed by atoms with E-state index in [0.29, 0.717) is 6.54 Å². The number of hydrogen-bond acceptors (Lipinski definition) is 2. The topological polar surface area (TPSA) is 41.6 Å². The van der Waals surface area contributed by atoms with Gasteiger partial charge in [-0.1, -0.05) is 19.1 Å². The molecule has 1 aromatic rings. The Morgan fingerprint density at radius 3 is 3.05 bits per heavy atom. The van der Waals surface area contributed by atoms with E-state index in [1.165, 1.54) is 5.56 Å². The van der Waals surface area contributed by atoms with Crippen LogP contribution in [0.15, 0.2) is 24.3 Å². The highest BCUT2D eigenvalue weighted by molar-refractivity contribution is 5.89. The number of nitrogens with one attached hydrogen (secondary N) is 1. The summed E-state index contributed by atoms with van der Waals surface area (Å²) in [7, 11) is 1.81. The zero-order valence-corrected chi connectivity index (χ0v) is 11.7. The Bertz CT molecular complexity index is 428. The van der Waals surface area contributed by atoms with Crippen molar-refractivity contribution in [3.05, 3.63) is 29.8 Å². The van der Waals surface area contributed by atoms with Crippen molar-refractivity contribution in [2.75, 3.05) is 25.5 Å². The molecule has 2 rings (SSSR count). The van der Waals surface area contributed by atoms with Gasteiger partial charge < -0.3 is 15.0 Å². The third-order valence-corrected chi connectivity index (χ3v) is 3.43. The summed E-state index contributed by atoms with van der Waals surface area (Å²) >= 11 is 0. The van der Waals surface area contributed by atoms with Gasteiger partial charge in [0.15, 0.2) is 0 Å². The van der Waals surface area contributed by atoms with Gasteiger partial charge in [0, 0.05) is 25.9 Å². The van der Waals surface area contributed by atoms with Crippen LogP contribution in [0.3, 0.4) is 0 Å². The highest BCUT2D eigenvalue weighted by Crippen LogP contribution is 2.14. The first kappa shape index (κ1) is 13.9. The average Bonchev–Trinajstić information content (AvgIpc) is 2.91. The molecule has 4 nitrogen and oxygen atoms in total. The zero-order valence-electron chi connectivity index (χ0n) is 11.7. The number of anilines is 1. The van der Waals surface area contributed by atoms with E-state index in [0.717, 1.165) is 31.6 Å². The molecule has 0 spiro atoms. The number of rotatable bonds is 4. The zero-order chi connectivity index (χ0) is 13.7. The second-order valence-corrected chi connectivity index (χ2v) is 5.00. The van der Waals surface area contributed by atoms with Crippen LogP contribution in [0.1, 0.15) is 25.3 Å². The van der Waals surface area contributed by atoms with E-state index >= 15 is 0 Å². The van der Waals surface area contributed by atoms with Gasteiger partial charge in [-0.05, 0) is 37.0 Å². The highest BCUT2D eigenvalue weighted by Gasteiger charge is 2.19. The Morgan fingerprint density at radius 1 is 1.53 bits per heavy atom. The summed E-state index contributed by atoms with van der Waals surface area (Å²) in [6.07, 6.45) is 3.30. The van der Waals surface area contributed by atoms with Crippen LogP contribution >= 0.6 is 0 Å². The lowest BCUT2D eigenvalue weighted by atomic mass is 10.1. The van der Waals surface area contributed by atoms with Crippen LogP contribution in [0.25, 0.3) is 0 Å². The van der Waals surface area contributed by atoms with Crippen molar-refractivity contribution in [1.29, 1.82) is 0 Å². The predicted molar refractivity (Wildman–Crippen MR) is 76.4 cm³/mol. The van der Waals surface area contributed by atoms with Crippen molar-refractivity contribution in [3.8, 4) is 0 Å². The highest BCUT2D eigenvalue weighted by atomic mass is 16.5. The number of carbonyl (C=O) groups excluding carboxylic acids is 1. The summed E-state index contributed by atoms with van der Waals surface area (Å²) in [5.74, 6) is 0. The van der Waals surface area contributed by atoms with Crippen LogP contribution in [-0.4, -0.2) is 37.2 Å². The summed E-state index contributed by atoms with van der Waals surface area (Å²) in [5.41, 5.74) is 2.07. The van der Waals surface area contributed by atoms with Gasteiger partial charge in [-0.25, -0.2) is 4.79 Å². The number of ether oxygens (including phenoxy) is 1. The summed E-state index contributed by atoms with van der Waals surface area (Å²) in [4.78, 5) is 13.7. The molecule has 0 unspecified atom stereocenters. The number of benzene rings is 1. The number of amides is 2. The van der Waals surface area contributed by atoms with Crippen molar-refractivity contribution in [1.82, 2.24) is 4.90 Å². The largest absolute Gasteiger partial charge is 0.376 e. The molecule has 0 aliphatic carbocycles. The fraction of sp³-hybridized carbons (Fsp3) is 0.533. The fourth-order valence-electron chi connectivity index (χ4n) is 2.26. The van der Waals surface area contributed by atoms with Gasteiger partial charge in [0.05, 0.1) is 6.10 Å². The van der Waals surface area contributed by atoms with Crippen LogP contribution in [0.2, 0.25) is 0 Å². The number of nitrogens with zero attached hydrogens (tertiary/aromatic N) is 1. The van der Waals surface area contributed by atoms with E-state index in [1.807, 2.05) is 18.2 Å². The van der Waals surface area contributed by atoms with Gasteiger partial charge in [0.25, 0.3) is 0 Å². The molecule has 1 atom stereocenters. The molecular formula is C15H22N2O2. The van der Waals surface area contributed by atoms with Gasteiger partial charge in [0.1, 0.15) is 0 Å². The third kappa shape index (κ3) is 3.96.